The second-order valence-corrected chi connectivity index (χ2v) is 7.13. The van der Waals surface area contributed by atoms with Gasteiger partial charge in [-0.3, -0.25) is 4.79 Å². The number of anilines is 1. The summed E-state index contributed by atoms with van der Waals surface area (Å²) in [6.07, 6.45) is 1.46. The van der Waals surface area contributed by atoms with Gasteiger partial charge in [0.05, 0.1) is 26.3 Å². The highest BCUT2D eigenvalue weighted by Gasteiger charge is 2.17. The third-order valence-electron chi connectivity index (χ3n) is 3.91. The number of fused-ring (bicyclic) bond motifs is 1. The van der Waals surface area contributed by atoms with Crippen LogP contribution in [0, 0.1) is 6.92 Å². The van der Waals surface area contributed by atoms with E-state index in [4.69, 9.17) is 34.8 Å². The molecule has 4 rings (SSSR count). The van der Waals surface area contributed by atoms with Gasteiger partial charge < -0.3 is 10.3 Å². The molecular weight excluding hydrogens is 409 g/mol. The van der Waals surface area contributed by atoms with E-state index in [1.807, 2.05) is 12.1 Å². The molecule has 4 aromatic rings. The van der Waals surface area contributed by atoms with E-state index in [9.17, 15) is 4.79 Å². The number of benzene rings is 1. The van der Waals surface area contributed by atoms with E-state index in [1.54, 1.807) is 31.2 Å². The summed E-state index contributed by atoms with van der Waals surface area (Å²) in [6, 6.07) is 10.5. The number of aromatic amines is 1. The largest absolute Gasteiger partial charge is 0.349 e. The van der Waals surface area contributed by atoms with Gasteiger partial charge in [-0.2, -0.15) is 9.78 Å². The standard InChI is InChI=1S/C18H12Cl3N5O/c1-9-5-15(26(25-9)17-13(21)7-11(19)8-22-17)24-18(27)14-6-10-3-2-4-12(20)16(10)23-14/h2-8,23H,1H3,(H,24,27). The Kier molecular flexibility index (Phi) is 4.55. The zero-order chi connectivity index (χ0) is 19.1. The van der Waals surface area contributed by atoms with Crippen molar-refractivity contribution in [2.75, 3.05) is 5.32 Å². The first-order valence-corrected chi connectivity index (χ1v) is 9.02. The average molecular weight is 421 g/mol. The molecule has 0 aliphatic rings. The van der Waals surface area contributed by atoms with Crippen molar-refractivity contribution in [3.63, 3.8) is 0 Å². The van der Waals surface area contributed by atoms with Gasteiger partial charge in [-0.15, -0.1) is 0 Å². The monoisotopic (exact) mass is 419 g/mol. The summed E-state index contributed by atoms with van der Waals surface area (Å²) < 4.78 is 1.46. The molecule has 0 saturated heterocycles. The molecule has 1 aromatic carbocycles. The maximum Gasteiger partial charge on any atom is 0.273 e. The number of nitrogens with one attached hydrogen (secondary N) is 2. The molecule has 9 heteroatoms. The van der Waals surface area contributed by atoms with E-state index in [0.29, 0.717) is 43.6 Å². The van der Waals surface area contributed by atoms with Crippen LogP contribution >= 0.6 is 34.8 Å². The van der Waals surface area contributed by atoms with Gasteiger partial charge in [-0.25, -0.2) is 4.98 Å². The molecule has 0 bridgehead atoms. The molecule has 0 spiro atoms. The van der Waals surface area contributed by atoms with Crippen LogP contribution in [-0.2, 0) is 0 Å². The number of carbonyl (C=O) groups is 1. The lowest BCUT2D eigenvalue weighted by atomic mass is 10.2. The van der Waals surface area contributed by atoms with Crippen molar-refractivity contribution in [3.8, 4) is 5.82 Å². The predicted molar refractivity (Wildman–Crippen MR) is 107 cm³/mol. The molecular formula is C18H12Cl3N5O. The zero-order valence-corrected chi connectivity index (χ0v) is 16.2. The molecule has 0 aliphatic heterocycles. The first-order valence-electron chi connectivity index (χ1n) is 7.89. The molecule has 0 saturated carbocycles. The van der Waals surface area contributed by atoms with Crippen molar-refractivity contribution in [1.29, 1.82) is 0 Å². The van der Waals surface area contributed by atoms with Gasteiger partial charge in [0.2, 0.25) is 0 Å². The van der Waals surface area contributed by atoms with Crippen LogP contribution in [0.1, 0.15) is 16.2 Å². The molecule has 27 heavy (non-hydrogen) atoms. The lowest BCUT2D eigenvalue weighted by Crippen LogP contribution is -2.16. The van der Waals surface area contributed by atoms with Gasteiger partial charge >= 0.3 is 0 Å². The summed E-state index contributed by atoms with van der Waals surface area (Å²) in [5.41, 5.74) is 1.77. The Morgan fingerprint density at radius 3 is 2.70 bits per heavy atom. The average Bonchev–Trinajstić information content (AvgIpc) is 3.19. The molecule has 0 unspecified atom stereocenters. The van der Waals surface area contributed by atoms with Crippen molar-refractivity contribution >= 4 is 57.4 Å². The number of aryl methyl sites for hydroxylation is 1. The molecule has 0 aliphatic carbocycles. The lowest BCUT2D eigenvalue weighted by molar-refractivity contribution is 0.102. The number of halogens is 3. The first kappa shape index (κ1) is 17.9. The number of aromatic nitrogens is 4. The van der Waals surface area contributed by atoms with Gasteiger partial charge in [0, 0.05) is 17.6 Å². The topological polar surface area (TPSA) is 75.6 Å². The third kappa shape index (κ3) is 3.39. The summed E-state index contributed by atoms with van der Waals surface area (Å²) in [5.74, 6) is 0.455. The van der Waals surface area contributed by atoms with Crippen LogP contribution in [0.15, 0.2) is 42.6 Å². The quantitative estimate of drug-likeness (QED) is 0.474. The van der Waals surface area contributed by atoms with Crippen molar-refractivity contribution < 1.29 is 4.79 Å². The maximum absolute atomic E-state index is 12.7. The second-order valence-electron chi connectivity index (χ2n) is 5.88. The molecule has 0 fully saturated rings. The van der Waals surface area contributed by atoms with Crippen LogP contribution in [0.5, 0.6) is 0 Å². The van der Waals surface area contributed by atoms with Crippen LogP contribution in [0.2, 0.25) is 15.1 Å². The van der Waals surface area contributed by atoms with Crippen LogP contribution in [-0.4, -0.2) is 25.7 Å². The minimum Gasteiger partial charge on any atom is -0.349 e. The Hall–Kier alpha value is -2.54. The molecule has 3 heterocycles. The first-order chi connectivity index (χ1) is 12.9. The summed E-state index contributed by atoms with van der Waals surface area (Å²) in [5, 5.41) is 9.30. The summed E-state index contributed by atoms with van der Waals surface area (Å²) >= 11 is 18.3. The van der Waals surface area contributed by atoms with Gasteiger partial charge in [0.25, 0.3) is 5.91 Å². The van der Waals surface area contributed by atoms with E-state index in [2.05, 4.69) is 20.4 Å². The van der Waals surface area contributed by atoms with Gasteiger partial charge in [-0.05, 0) is 25.1 Å². The summed E-state index contributed by atoms with van der Waals surface area (Å²) in [6.45, 7) is 1.80. The fourth-order valence-electron chi connectivity index (χ4n) is 2.74. The molecule has 0 atom stereocenters. The Balaban J connectivity index is 1.70. The molecule has 2 N–H and O–H groups in total. The van der Waals surface area contributed by atoms with Crippen molar-refractivity contribution in [3.05, 3.63) is 69.1 Å². The normalized spacial score (nSPS) is 11.1. The van der Waals surface area contributed by atoms with E-state index in [-0.39, 0.29) is 5.91 Å². The number of pyridine rings is 1. The minimum atomic E-state index is -0.339. The number of amides is 1. The maximum atomic E-state index is 12.7. The smallest absolute Gasteiger partial charge is 0.273 e. The summed E-state index contributed by atoms with van der Waals surface area (Å²) in [7, 11) is 0. The SMILES string of the molecule is Cc1cc(NC(=O)c2cc3cccc(Cl)c3[nH]2)n(-c2ncc(Cl)cc2Cl)n1. The van der Waals surface area contributed by atoms with Gasteiger partial charge in [0.1, 0.15) is 11.5 Å². The van der Waals surface area contributed by atoms with Crippen molar-refractivity contribution in [2.45, 2.75) is 6.92 Å². The number of carbonyl (C=O) groups excluding carboxylic acids is 1. The Labute approximate surface area is 169 Å². The Morgan fingerprint density at radius 2 is 1.96 bits per heavy atom. The predicted octanol–water partition coefficient (Wildman–Crippen LogP) is 5.27. The fraction of sp³-hybridized carbons (Fsp3) is 0.0556. The highest BCUT2D eigenvalue weighted by molar-refractivity contribution is 6.35. The van der Waals surface area contributed by atoms with Crippen molar-refractivity contribution in [2.24, 2.45) is 0 Å². The number of rotatable bonds is 3. The van der Waals surface area contributed by atoms with Crippen molar-refractivity contribution in [1.82, 2.24) is 19.7 Å². The van der Waals surface area contributed by atoms with E-state index in [1.165, 1.54) is 10.9 Å². The summed E-state index contributed by atoms with van der Waals surface area (Å²) in [4.78, 5) is 20.0. The molecule has 1 amide bonds. The number of hydrogen-bond acceptors (Lipinski definition) is 3. The number of nitrogens with zero attached hydrogens (tertiary/aromatic N) is 3. The Bertz CT molecular complexity index is 1180. The number of H-pyrrole nitrogens is 1. The van der Waals surface area contributed by atoms with Crippen LogP contribution in [0.3, 0.4) is 0 Å². The number of hydrogen-bond donors (Lipinski definition) is 2. The zero-order valence-electron chi connectivity index (χ0n) is 13.9. The highest BCUT2D eigenvalue weighted by atomic mass is 35.5. The Morgan fingerprint density at radius 1 is 1.15 bits per heavy atom. The van der Waals surface area contributed by atoms with Crippen LogP contribution < -0.4 is 5.32 Å². The highest BCUT2D eigenvalue weighted by Crippen LogP contribution is 2.26. The van der Waals surface area contributed by atoms with E-state index < -0.39 is 0 Å². The fourth-order valence-corrected chi connectivity index (χ4v) is 3.43. The lowest BCUT2D eigenvalue weighted by Gasteiger charge is -2.09. The number of para-hydroxylation sites is 1. The van der Waals surface area contributed by atoms with E-state index >= 15 is 0 Å². The third-order valence-corrected chi connectivity index (χ3v) is 4.71. The molecule has 0 radical (unpaired) electrons. The van der Waals surface area contributed by atoms with Crippen LogP contribution in [0.4, 0.5) is 5.82 Å². The van der Waals surface area contributed by atoms with Gasteiger partial charge in [-0.1, -0.05) is 46.9 Å². The second kappa shape index (κ2) is 6.88. The minimum absolute atomic E-state index is 0.318. The molecule has 136 valence electrons. The van der Waals surface area contributed by atoms with Gasteiger partial charge in [0.15, 0.2) is 5.82 Å². The molecule has 6 nitrogen and oxygen atoms in total. The molecule has 3 aromatic heterocycles. The van der Waals surface area contributed by atoms with E-state index in [0.717, 1.165) is 5.39 Å². The van der Waals surface area contributed by atoms with Crippen LogP contribution in [0.25, 0.3) is 16.7 Å².